The Labute approximate surface area is 175 Å². The molecule has 4 rings (SSSR count). The molecule has 2 aromatic rings. The lowest BCUT2D eigenvalue weighted by Crippen LogP contribution is -2.63. The summed E-state index contributed by atoms with van der Waals surface area (Å²) in [5.74, 6) is -2.74. The Morgan fingerprint density at radius 1 is 1.23 bits per heavy atom. The topological polar surface area (TPSA) is 50.6 Å². The van der Waals surface area contributed by atoms with Gasteiger partial charge in [0.2, 0.25) is 5.91 Å². The van der Waals surface area contributed by atoms with Crippen LogP contribution in [0.4, 0.5) is 8.78 Å². The van der Waals surface area contributed by atoms with Crippen molar-refractivity contribution in [1.82, 2.24) is 19.6 Å². The number of nitrogens with zero attached hydrogens (tertiary/aromatic N) is 4. The maximum Gasteiger partial charge on any atom is 0.262 e. The van der Waals surface area contributed by atoms with Crippen LogP contribution in [-0.2, 0) is 22.7 Å². The first-order valence-corrected chi connectivity index (χ1v) is 10.3. The van der Waals surface area contributed by atoms with Crippen LogP contribution in [0.25, 0.3) is 0 Å². The summed E-state index contributed by atoms with van der Waals surface area (Å²) < 4.78 is 35.7. The number of aryl methyl sites for hydroxylation is 2. The number of benzene rings is 1. The highest BCUT2D eigenvalue weighted by Gasteiger charge is 2.50. The second-order valence-electron chi connectivity index (χ2n) is 8.42. The molecule has 1 aromatic carbocycles. The molecule has 2 saturated heterocycles. The van der Waals surface area contributed by atoms with Gasteiger partial charge in [-0.3, -0.25) is 14.4 Å². The molecule has 0 bridgehead atoms. The molecule has 2 aliphatic heterocycles. The van der Waals surface area contributed by atoms with Crippen LogP contribution in [0.15, 0.2) is 36.4 Å². The van der Waals surface area contributed by atoms with E-state index in [-0.39, 0.29) is 44.1 Å². The van der Waals surface area contributed by atoms with Crippen LogP contribution in [-0.4, -0.2) is 69.7 Å². The Hall–Kier alpha value is -2.32. The van der Waals surface area contributed by atoms with Gasteiger partial charge in [0.1, 0.15) is 6.54 Å². The van der Waals surface area contributed by atoms with Crippen LogP contribution < -0.4 is 0 Å². The Balaban J connectivity index is 1.29. The highest BCUT2D eigenvalue weighted by atomic mass is 19.3. The number of likely N-dealkylation sites (tertiary alicyclic amines) is 2. The molecule has 162 valence electrons. The number of hydrogen-bond acceptors (Lipinski definition) is 4. The van der Waals surface area contributed by atoms with E-state index in [1.54, 1.807) is 9.58 Å². The molecule has 0 saturated carbocycles. The molecule has 1 aromatic heterocycles. The normalized spacial score (nSPS) is 21.7. The third-order valence-corrected chi connectivity index (χ3v) is 5.91. The summed E-state index contributed by atoms with van der Waals surface area (Å²) >= 11 is 0. The van der Waals surface area contributed by atoms with Gasteiger partial charge >= 0.3 is 0 Å². The van der Waals surface area contributed by atoms with Gasteiger partial charge in [0.15, 0.2) is 0 Å². The average Bonchev–Trinajstić information content (AvgIpc) is 3.12. The third kappa shape index (κ3) is 4.70. The zero-order valence-corrected chi connectivity index (χ0v) is 17.4. The fourth-order valence-electron chi connectivity index (χ4n) is 4.32. The van der Waals surface area contributed by atoms with E-state index < -0.39 is 5.92 Å². The van der Waals surface area contributed by atoms with Crippen molar-refractivity contribution in [2.75, 3.05) is 26.2 Å². The molecule has 0 N–H and O–H groups in total. The van der Waals surface area contributed by atoms with Gasteiger partial charge in [-0.2, -0.15) is 5.10 Å². The van der Waals surface area contributed by atoms with Crippen molar-refractivity contribution in [2.24, 2.45) is 0 Å². The number of carbonyl (C=O) groups excluding carboxylic acids is 1. The lowest BCUT2D eigenvalue weighted by molar-refractivity contribution is -0.140. The molecule has 0 unspecified atom stereocenters. The summed E-state index contributed by atoms with van der Waals surface area (Å²) in [6, 6.07) is 11.3. The third-order valence-electron chi connectivity index (χ3n) is 5.91. The van der Waals surface area contributed by atoms with Crippen molar-refractivity contribution in [3.8, 4) is 0 Å². The summed E-state index contributed by atoms with van der Waals surface area (Å²) in [6.45, 7) is 5.35. The largest absolute Gasteiger partial charge is 0.375 e. The van der Waals surface area contributed by atoms with Crippen molar-refractivity contribution in [2.45, 2.75) is 51.4 Å². The van der Waals surface area contributed by atoms with Gasteiger partial charge in [-0.1, -0.05) is 30.3 Å². The molecular weight excluding hydrogens is 390 g/mol. The smallest absolute Gasteiger partial charge is 0.262 e. The Morgan fingerprint density at radius 3 is 2.63 bits per heavy atom. The molecule has 1 atom stereocenters. The molecule has 3 heterocycles. The molecular formula is C22H28F2N4O2. The fraction of sp³-hybridized carbons (Fsp3) is 0.545. The molecule has 30 heavy (non-hydrogen) atoms. The van der Waals surface area contributed by atoms with Crippen LogP contribution in [0.5, 0.6) is 0 Å². The summed E-state index contributed by atoms with van der Waals surface area (Å²) in [5.41, 5.74) is 2.84. The Morgan fingerprint density at radius 2 is 1.97 bits per heavy atom. The highest BCUT2D eigenvalue weighted by molar-refractivity contribution is 5.77. The zero-order valence-electron chi connectivity index (χ0n) is 17.4. The van der Waals surface area contributed by atoms with E-state index in [2.05, 4.69) is 5.10 Å². The van der Waals surface area contributed by atoms with Crippen LogP contribution in [0.1, 0.15) is 23.4 Å². The van der Waals surface area contributed by atoms with E-state index in [1.165, 1.54) is 0 Å². The second-order valence-corrected chi connectivity index (χ2v) is 8.42. The van der Waals surface area contributed by atoms with Gasteiger partial charge < -0.3 is 9.64 Å². The molecule has 0 spiro atoms. The van der Waals surface area contributed by atoms with Crippen LogP contribution in [0.2, 0.25) is 0 Å². The van der Waals surface area contributed by atoms with Gasteiger partial charge in [0.05, 0.1) is 25.5 Å². The summed E-state index contributed by atoms with van der Waals surface area (Å²) in [5, 5.41) is 4.32. The zero-order chi connectivity index (χ0) is 21.3. The van der Waals surface area contributed by atoms with E-state index in [1.807, 2.05) is 55.1 Å². The first-order chi connectivity index (χ1) is 14.3. The Bertz CT molecular complexity index is 881. The van der Waals surface area contributed by atoms with Crippen LogP contribution in [0.3, 0.4) is 0 Å². The number of alkyl halides is 2. The molecule has 6 nitrogen and oxygen atoms in total. The SMILES string of the molecule is Cc1cc(C)n(CC(=O)N2CC(N3CC(F)(F)C[C@H]3COCc3ccccc3)C2)n1. The van der Waals surface area contributed by atoms with Gasteiger partial charge in [0, 0.05) is 37.3 Å². The maximum absolute atomic E-state index is 14.1. The lowest BCUT2D eigenvalue weighted by Gasteiger charge is -2.45. The van der Waals surface area contributed by atoms with E-state index in [0.717, 1.165) is 17.0 Å². The van der Waals surface area contributed by atoms with E-state index in [4.69, 9.17) is 4.74 Å². The number of amides is 1. The summed E-state index contributed by atoms with van der Waals surface area (Å²) in [7, 11) is 0. The predicted octanol–water partition coefficient (Wildman–Crippen LogP) is 2.64. The first kappa shape index (κ1) is 20.9. The molecule has 0 aliphatic carbocycles. The highest BCUT2D eigenvalue weighted by Crippen LogP contribution is 2.35. The number of halogens is 2. The van der Waals surface area contributed by atoms with Crippen molar-refractivity contribution < 1.29 is 18.3 Å². The lowest BCUT2D eigenvalue weighted by atomic mass is 10.1. The van der Waals surface area contributed by atoms with Crippen LogP contribution in [0, 0.1) is 13.8 Å². The monoisotopic (exact) mass is 418 g/mol. The number of rotatable bonds is 7. The number of ether oxygens (including phenoxy) is 1. The van der Waals surface area contributed by atoms with Crippen molar-refractivity contribution in [3.05, 3.63) is 53.3 Å². The van der Waals surface area contributed by atoms with E-state index in [0.29, 0.717) is 19.7 Å². The molecule has 2 fully saturated rings. The predicted molar refractivity (Wildman–Crippen MR) is 108 cm³/mol. The fourth-order valence-corrected chi connectivity index (χ4v) is 4.32. The maximum atomic E-state index is 14.1. The summed E-state index contributed by atoms with van der Waals surface area (Å²) in [6.07, 6.45) is -0.196. The number of carbonyl (C=O) groups is 1. The standard InChI is InChI=1S/C22H28F2N4O2/c1-16-8-17(2)28(25-16)12-21(29)26-10-20(11-26)27-15-22(23,24)9-19(27)14-30-13-18-6-4-3-5-7-18/h3-8,19-20H,9-15H2,1-2H3/t19-/m0/s1. The Kier molecular flexibility index (Phi) is 5.88. The second kappa shape index (κ2) is 8.43. The van der Waals surface area contributed by atoms with Gasteiger partial charge in [-0.05, 0) is 25.5 Å². The molecule has 1 amide bonds. The van der Waals surface area contributed by atoms with E-state index >= 15 is 0 Å². The minimum atomic E-state index is -2.71. The van der Waals surface area contributed by atoms with Gasteiger partial charge in [-0.25, -0.2) is 8.78 Å². The van der Waals surface area contributed by atoms with Crippen LogP contribution >= 0.6 is 0 Å². The minimum Gasteiger partial charge on any atom is -0.375 e. The molecule has 2 aliphatic rings. The van der Waals surface area contributed by atoms with Crippen molar-refractivity contribution >= 4 is 5.91 Å². The molecule has 8 heteroatoms. The quantitative estimate of drug-likeness (QED) is 0.694. The first-order valence-electron chi connectivity index (χ1n) is 10.3. The van der Waals surface area contributed by atoms with Crippen molar-refractivity contribution in [1.29, 1.82) is 0 Å². The summed E-state index contributed by atoms with van der Waals surface area (Å²) in [4.78, 5) is 16.1. The minimum absolute atomic E-state index is 0.0275. The molecule has 0 radical (unpaired) electrons. The van der Waals surface area contributed by atoms with Gasteiger partial charge in [0.25, 0.3) is 5.92 Å². The van der Waals surface area contributed by atoms with Gasteiger partial charge in [-0.15, -0.1) is 0 Å². The number of aromatic nitrogens is 2. The number of hydrogen-bond donors (Lipinski definition) is 0. The average molecular weight is 418 g/mol. The van der Waals surface area contributed by atoms with Crippen molar-refractivity contribution in [3.63, 3.8) is 0 Å². The van der Waals surface area contributed by atoms with E-state index in [9.17, 15) is 13.6 Å².